The second kappa shape index (κ2) is 9.35. The fraction of sp³-hybridized carbons (Fsp3) is 0.938. The van der Waals surface area contributed by atoms with Crippen LogP contribution in [0.15, 0.2) is 0 Å². The number of methoxy groups -OCH3 is 1. The van der Waals surface area contributed by atoms with Crippen LogP contribution in [0.3, 0.4) is 0 Å². The van der Waals surface area contributed by atoms with E-state index in [1.165, 1.54) is 7.11 Å². The van der Waals surface area contributed by atoms with Crippen LogP contribution in [0, 0.1) is 0 Å². The second-order valence-corrected chi connectivity index (χ2v) is 6.17. The molecule has 0 aromatic heterocycles. The molecule has 0 rings (SSSR count). The molecule has 0 aliphatic rings. The predicted octanol–water partition coefficient (Wildman–Crippen LogP) is 3.29. The SMILES string of the molecule is CCCNC(C)(CCCCOC(C)(C)CC)C(=O)OC. The van der Waals surface area contributed by atoms with Crippen molar-refractivity contribution in [1.29, 1.82) is 0 Å². The van der Waals surface area contributed by atoms with E-state index in [2.05, 4.69) is 33.0 Å². The number of hydrogen-bond acceptors (Lipinski definition) is 4. The topological polar surface area (TPSA) is 47.6 Å². The summed E-state index contributed by atoms with van der Waals surface area (Å²) in [6.45, 7) is 11.9. The molecule has 0 fully saturated rings. The van der Waals surface area contributed by atoms with E-state index in [0.29, 0.717) is 0 Å². The van der Waals surface area contributed by atoms with Crippen molar-refractivity contribution in [2.75, 3.05) is 20.3 Å². The van der Waals surface area contributed by atoms with Crippen molar-refractivity contribution < 1.29 is 14.3 Å². The molecule has 0 radical (unpaired) electrons. The molecular weight excluding hydrogens is 254 g/mol. The summed E-state index contributed by atoms with van der Waals surface area (Å²) in [7, 11) is 1.45. The number of hydrogen-bond donors (Lipinski definition) is 1. The van der Waals surface area contributed by atoms with E-state index in [1.54, 1.807) is 0 Å². The Bertz CT molecular complexity index is 279. The molecule has 1 N–H and O–H groups in total. The molecule has 4 heteroatoms. The summed E-state index contributed by atoms with van der Waals surface area (Å²) in [6, 6.07) is 0. The molecule has 1 atom stereocenters. The molecule has 0 bridgehead atoms. The summed E-state index contributed by atoms with van der Waals surface area (Å²) in [5, 5.41) is 3.30. The van der Waals surface area contributed by atoms with Crippen molar-refractivity contribution in [2.45, 2.75) is 77.9 Å². The Hall–Kier alpha value is -0.610. The fourth-order valence-corrected chi connectivity index (χ4v) is 1.92. The van der Waals surface area contributed by atoms with Crippen molar-refractivity contribution in [3.05, 3.63) is 0 Å². The van der Waals surface area contributed by atoms with Crippen molar-refractivity contribution in [3.63, 3.8) is 0 Å². The molecule has 0 aromatic rings. The average molecular weight is 287 g/mol. The molecule has 1 unspecified atom stereocenters. The van der Waals surface area contributed by atoms with Crippen LogP contribution in [-0.2, 0) is 14.3 Å². The van der Waals surface area contributed by atoms with E-state index in [9.17, 15) is 4.79 Å². The van der Waals surface area contributed by atoms with Crippen LogP contribution < -0.4 is 5.32 Å². The van der Waals surface area contributed by atoms with E-state index in [1.807, 2.05) is 6.92 Å². The van der Waals surface area contributed by atoms with Crippen molar-refractivity contribution in [1.82, 2.24) is 5.32 Å². The molecule has 0 aliphatic carbocycles. The summed E-state index contributed by atoms with van der Waals surface area (Å²) in [5.74, 6) is -0.180. The zero-order chi connectivity index (χ0) is 15.6. The predicted molar refractivity (Wildman–Crippen MR) is 82.9 cm³/mol. The number of carbonyl (C=O) groups is 1. The third-order valence-corrected chi connectivity index (χ3v) is 3.82. The van der Waals surface area contributed by atoms with Crippen LogP contribution in [0.2, 0.25) is 0 Å². The van der Waals surface area contributed by atoms with Crippen LogP contribution in [0.5, 0.6) is 0 Å². The Labute approximate surface area is 124 Å². The molecule has 4 nitrogen and oxygen atoms in total. The summed E-state index contributed by atoms with van der Waals surface area (Å²) in [4.78, 5) is 11.9. The Balaban J connectivity index is 4.12. The highest BCUT2D eigenvalue weighted by atomic mass is 16.5. The molecule has 0 saturated carbocycles. The summed E-state index contributed by atoms with van der Waals surface area (Å²) < 4.78 is 10.7. The van der Waals surface area contributed by atoms with Crippen LogP contribution in [0.1, 0.15) is 66.7 Å². The molecule has 0 aliphatic heterocycles. The van der Waals surface area contributed by atoms with E-state index < -0.39 is 5.54 Å². The van der Waals surface area contributed by atoms with Gasteiger partial charge in [0.1, 0.15) is 5.54 Å². The van der Waals surface area contributed by atoms with Gasteiger partial charge in [-0.15, -0.1) is 0 Å². The molecule has 0 saturated heterocycles. The lowest BCUT2D eigenvalue weighted by Crippen LogP contribution is -2.50. The molecule has 120 valence electrons. The van der Waals surface area contributed by atoms with Crippen LogP contribution in [0.25, 0.3) is 0 Å². The lowest BCUT2D eigenvalue weighted by atomic mass is 9.94. The number of unbranched alkanes of at least 4 members (excludes halogenated alkanes) is 1. The molecule has 20 heavy (non-hydrogen) atoms. The molecule has 0 aromatic carbocycles. The minimum absolute atomic E-state index is 0.0495. The zero-order valence-electron chi connectivity index (χ0n) is 14.2. The van der Waals surface area contributed by atoms with Gasteiger partial charge >= 0.3 is 5.97 Å². The minimum atomic E-state index is -0.578. The van der Waals surface area contributed by atoms with Gasteiger partial charge in [0.05, 0.1) is 12.7 Å². The quantitative estimate of drug-likeness (QED) is 0.468. The maximum absolute atomic E-state index is 11.9. The first-order chi connectivity index (χ1) is 9.31. The van der Waals surface area contributed by atoms with Crippen LogP contribution in [-0.4, -0.2) is 37.4 Å². The third-order valence-electron chi connectivity index (χ3n) is 3.82. The molecule has 0 spiro atoms. The van der Waals surface area contributed by atoms with E-state index in [4.69, 9.17) is 9.47 Å². The maximum atomic E-state index is 11.9. The Morgan fingerprint density at radius 3 is 2.30 bits per heavy atom. The highest BCUT2D eigenvalue weighted by Crippen LogP contribution is 2.18. The summed E-state index contributed by atoms with van der Waals surface area (Å²) in [5.41, 5.74) is -0.628. The smallest absolute Gasteiger partial charge is 0.325 e. The van der Waals surface area contributed by atoms with E-state index in [0.717, 1.165) is 45.3 Å². The largest absolute Gasteiger partial charge is 0.468 e. The number of ether oxygens (including phenoxy) is 2. The molecule has 0 heterocycles. The highest BCUT2D eigenvalue weighted by Gasteiger charge is 2.32. The van der Waals surface area contributed by atoms with Gasteiger partial charge in [0.2, 0.25) is 0 Å². The van der Waals surface area contributed by atoms with E-state index in [-0.39, 0.29) is 11.6 Å². The first-order valence-corrected chi connectivity index (χ1v) is 7.78. The van der Waals surface area contributed by atoms with E-state index >= 15 is 0 Å². The van der Waals surface area contributed by atoms with Crippen LogP contribution >= 0.6 is 0 Å². The Kier molecular flexibility index (Phi) is 9.06. The normalized spacial score (nSPS) is 14.9. The number of nitrogens with one attached hydrogen (secondary N) is 1. The lowest BCUT2D eigenvalue weighted by molar-refractivity contribution is -0.148. The van der Waals surface area contributed by atoms with Gasteiger partial charge in [0.15, 0.2) is 0 Å². The van der Waals surface area contributed by atoms with Crippen LogP contribution in [0.4, 0.5) is 0 Å². The lowest BCUT2D eigenvalue weighted by Gasteiger charge is -2.28. The standard InChI is InChI=1S/C16H33NO3/c1-7-12-17-16(5,14(18)19-6)11-9-10-13-20-15(3,4)8-2/h17H,7-13H2,1-6H3. The number of esters is 1. The van der Waals surface area contributed by atoms with Gasteiger partial charge in [-0.05, 0) is 59.4 Å². The van der Waals surface area contributed by atoms with Gasteiger partial charge in [-0.25, -0.2) is 0 Å². The van der Waals surface area contributed by atoms with Gasteiger partial charge in [0, 0.05) is 6.61 Å². The van der Waals surface area contributed by atoms with Gasteiger partial charge in [-0.3, -0.25) is 4.79 Å². The highest BCUT2D eigenvalue weighted by molar-refractivity contribution is 5.80. The van der Waals surface area contributed by atoms with Crippen molar-refractivity contribution >= 4 is 5.97 Å². The first kappa shape index (κ1) is 19.4. The number of carbonyl (C=O) groups excluding carboxylic acids is 1. The van der Waals surface area contributed by atoms with Gasteiger partial charge in [0.25, 0.3) is 0 Å². The summed E-state index contributed by atoms with van der Waals surface area (Å²) in [6.07, 6.45) is 4.69. The average Bonchev–Trinajstić information content (AvgIpc) is 2.43. The van der Waals surface area contributed by atoms with Gasteiger partial charge in [-0.2, -0.15) is 0 Å². The fourth-order valence-electron chi connectivity index (χ4n) is 1.92. The molecule has 0 amide bonds. The van der Waals surface area contributed by atoms with Crippen molar-refractivity contribution in [2.24, 2.45) is 0 Å². The Morgan fingerprint density at radius 2 is 1.80 bits per heavy atom. The minimum Gasteiger partial charge on any atom is -0.468 e. The monoisotopic (exact) mass is 287 g/mol. The third kappa shape index (κ3) is 7.25. The Morgan fingerprint density at radius 1 is 1.15 bits per heavy atom. The first-order valence-electron chi connectivity index (χ1n) is 7.78. The van der Waals surface area contributed by atoms with Gasteiger partial charge < -0.3 is 14.8 Å². The second-order valence-electron chi connectivity index (χ2n) is 6.17. The number of rotatable bonds is 11. The molecular formula is C16H33NO3. The van der Waals surface area contributed by atoms with Gasteiger partial charge in [-0.1, -0.05) is 13.8 Å². The maximum Gasteiger partial charge on any atom is 0.325 e. The zero-order valence-corrected chi connectivity index (χ0v) is 14.2. The van der Waals surface area contributed by atoms with Crippen molar-refractivity contribution in [3.8, 4) is 0 Å². The summed E-state index contributed by atoms with van der Waals surface area (Å²) >= 11 is 0.